The Balaban J connectivity index is 2.96. The van der Waals surface area contributed by atoms with Crippen molar-refractivity contribution in [3.05, 3.63) is 42.2 Å². The van der Waals surface area contributed by atoms with Gasteiger partial charge in [0, 0.05) is 4.75 Å². The lowest BCUT2D eigenvalue weighted by molar-refractivity contribution is 0.627. The Morgan fingerprint density at radius 2 is 1.86 bits per heavy atom. The molecule has 0 unspecified atom stereocenters. The second kappa shape index (κ2) is 4.15. The van der Waals surface area contributed by atoms with E-state index in [1.54, 1.807) is 12.1 Å². The van der Waals surface area contributed by atoms with E-state index < -0.39 is 0 Å². The predicted molar refractivity (Wildman–Crippen MR) is 61.3 cm³/mol. The van der Waals surface area contributed by atoms with E-state index >= 15 is 0 Å². The van der Waals surface area contributed by atoms with Crippen LogP contribution in [0.4, 0.5) is 4.39 Å². The molecule has 0 aromatic heterocycles. The maximum atomic E-state index is 12.7. The van der Waals surface area contributed by atoms with Gasteiger partial charge in [-0.05, 0) is 37.1 Å². The first-order valence-electron chi connectivity index (χ1n) is 4.30. The van der Waals surface area contributed by atoms with Gasteiger partial charge in [-0.3, -0.25) is 5.14 Å². The zero-order valence-electron chi connectivity index (χ0n) is 8.38. The number of hydrogen-bond donors (Lipinski definition) is 1. The second-order valence-electron chi connectivity index (χ2n) is 3.61. The topological polar surface area (TPSA) is 26.0 Å². The molecule has 0 radical (unpaired) electrons. The summed E-state index contributed by atoms with van der Waals surface area (Å²) in [6.45, 7) is 7.95. The molecular formula is C11H14FNS. The maximum Gasteiger partial charge on any atom is 0.123 e. The quantitative estimate of drug-likeness (QED) is 0.777. The normalized spacial score (nSPS) is 11.4. The predicted octanol–water partition coefficient (Wildman–Crippen LogP) is 3.22. The van der Waals surface area contributed by atoms with Gasteiger partial charge in [0.15, 0.2) is 0 Å². The molecule has 14 heavy (non-hydrogen) atoms. The maximum absolute atomic E-state index is 12.7. The molecule has 0 aliphatic heterocycles. The smallest absolute Gasteiger partial charge is 0.123 e. The van der Waals surface area contributed by atoms with Gasteiger partial charge >= 0.3 is 0 Å². The van der Waals surface area contributed by atoms with Crippen molar-refractivity contribution in [2.75, 3.05) is 0 Å². The minimum atomic E-state index is -0.236. The van der Waals surface area contributed by atoms with Crippen LogP contribution >= 0.6 is 11.9 Å². The molecule has 0 heterocycles. The first-order valence-corrected chi connectivity index (χ1v) is 5.18. The number of rotatable bonds is 3. The molecule has 0 fully saturated rings. The Labute approximate surface area is 88.3 Å². The van der Waals surface area contributed by atoms with Gasteiger partial charge in [0.1, 0.15) is 5.82 Å². The number of benzene rings is 1. The summed E-state index contributed by atoms with van der Waals surface area (Å²) in [5, 5.41) is 5.56. The van der Waals surface area contributed by atoms with Gasteiger partial charge in [0.2, 0.25) is 0 Å². The van der Waals surface area contributed by atoms with E-state index in [-0.39, 0.29) is 10.6 Å². The molecule has 0 saturated heterocycles. The van der Waals surface area contributed by atoms with Crippen molar-refractivity contribution in [2.45, 2.75) is 18.6 Å². The third kappa shape index (κ3) is 2.36. The molecule has 1 rings (SSSR count). The van der Waals surface area contributed by atoms with E-state index in [1.165, 1.54) is 24.1 Å². The second-order valence-corrected chi connectivity index (χ2v) is 4.87. The SMILES string of the molecule is C=C(c1ccc(F)cc1)C(C)(C)SN. The van der Waals surface area contributed by atoms with E-state index in [1.807, 2.05) is 13.8 Å². The molecule has 3 heteroatoms. The summed E-state index contributed by atoms with van der Waals surface area (Å²) in [4.78, 5) is 0. The van der Waals surface area contributed by atoms with Crippen LogP contribution in [-0.4, -0.2) is 4.75 Å². The standard InChI is InChI=1S/C11H14FNS/c1-8(11(2,3)14-13)9-4-6-10(12)7-5-9/h4-7H,1,13H2,2-3H3. The number of nitrogens with two attached hydrogens (primary N) is 1. The molecule has 76 valence electrons. The van der Waals surface area contributed by atoms with Gasteiger partial charge in [0.25, 0.3) is 0 Å². The summed E-state index contributed by atoms with van der Waals surface area (Å²) in [6, 6.07) is 6.29. The minimum absolute atomic E-state index is 0.224. The molecule has 1 aromatic rings. The van der Waals surface area contributed by atoms with Crippen molar-refractivity contribution in [1.29, 1.82) is 0 Å². The van der Waals surface area contributed by atoms with Crippen LogP contribution in [0, 0.1) is 5.82 Å². The highest BCUT2D eigenvalue weighted by Crippen LogP contribution is 2.33. The zero-order chi connectivity index (χ0) is 10.8. The van der Waals surface area contributed by atoms with Gasteiger partial charge in [0.05, 0.1) is 0 Å². The van der Waals surface area contributed by atoms with Crippen LogP contribution in [0.5, 0.6) is 0 Å². The third-order valence-corrected chi connectivity index (χ3v) is 3.05. The molecule has 0 aliphatic carbocycles. The fourth-order valence-corrected chi connectivity index (χ4v) is 1.33. The lowest BCUT2D eigenvalue weighted by Crippen LogP contribution is -2.18. The van der Waals surface area contributed by atoms with E-state index in [0.29, 0.717) is 0 Å². The van der Waals surface area contributed by atoms with Crippen LogP contribution in [0.1, 0.15) is 19.4 Å². The summed E-state index contributed by atoms with van der Waals surface area (Å²) in [5.74, 6) is -0.236. The third-order valence-electron chi connectivity index (χ3n) is 2.21. The van der Waals surface area contributed by atoms with Gasteiger partial charge in [-0.25, -0.2) is 4.39 Å². The fourth-order valence-electron chi connectivity index (χ4n) is 1.07. The van der Waals surface area contributed by atoms with Crippen molar-refractivity contribution >= 4 is 17.5 Å². The highest BCUT2D eigenvalue weighted by Gasteiger charge is 2.21. The van der Waals surface area contributed by atoms with E-state index in [2.05, 4.69) is 6.58 Å². The molecule has 0 aliphatic rings. The Hall–Kier alpha value is -0.800. The molecule has 0 saturated carbocycles. The lowest BCUT2D eigenvalue weighted by atomic mass is 9.96. The zero-order valence-corrected chi connectivity index (χ0v) is 9.20. The molecule has 2 N–H and O–H groups in total. The monoisotopic (exact) mass is 211 g/mol. The first-order chi connectivity index (χ1) is 6.47. The van der Waals surface area contributed by atoms with Gasteiger partial charge in [-0.2, -0.15) is 0 Å². The molecule has 0 spiro atoms. The van der Waals surface area contributed by atoms with Crippen LogP contribution in [0.2, 0.25) is 0 Å². The summed E-state index contributed by atoms with van der Waals surface area (Å²) in [5.41, 5.74) is 1.83. The molecule has 1 nitrogen and oxygen atoms in total. The average Bonchev–Trinajstić information content (AvgIpc) is 2.18. The van der Waals surface area contributed by atoms with Gasteiger partial charge < -0.3 is 0 Å². The number of halogens is 1. The van der Waals surface area contributed by atoms with E-state index in [9.17, 15) is 4.39 Å². The Bertz CT molecular complexity index is 330. The fraction of sp³-hybridized carbons (Fsp3) is 0.273. The molecule has 0 atom stereocenters. The average molecular weight is 211 g/mol. The summed E-state index contributed by atoms with van der Waals surface area (Å²) in [6.07, 6.45) is 0. The van der Waals surface area contributed by atoms with Gasteiger partial charge in [-0.15, -0.1) is 0 Å². The number of hydrogen-bond acceptors (Lipinski definition) is 2. The highest BCUT2D eigenvalue weighted by atomic mass is 32.2. The Morgan fingerprint density at radius 1 is 1.36 bits per heavy atom. The van der Waals surface area contributed by atoms with Crippen molar-refractivity contribution in [2.24, 2.45) is 5.14 Å². The van der Waals surface area contributed by atoms with Crippen LogP contribution in [0.3, 0.4) is 0 Å². The summed E-state index contributed by atoms with van der Waals surface area (Å²) in [7, 11) is 0. The summed E-state index contributed by atoms with van der Waals surface area (Å²) < 4.78 is 12.4. The van der Waals surface area contributed by atoms with Crippen LogP contribution in [0.15, 0.2) is 30.8 Å². The van der Waals surface area contributed by atoms with Crippen LogP contribution in [-0.2, 0) is 0 Å². The summed E-state index contributed by atoms with van der Waals surface area (Å²) >= 11 is 1.24. The molecular weight excluding hydrogens is 197 g/mol. The van der Waals surface area contributed by atoms with Crippen molar-refractivity contribution < 1.29 is 4.39 Å². The lowest BCUT2D eigenvalue weighted by Gasteiger charge is -2.24. The molecule has 0 amide bonds. The van der Waals surface area contributed by atoms with Crippen molar-refractivity contribution in [1.82, 2.24) is 0 Å². The minimum Gasteiger partial charge on any atom is -0.277 e. The molecule has 0 bridgehead atoms. The Morgan fingerprint density at radius 3 is 2.29 bits per heavy atom. The van der Waals surface area contributed by atoms with E-state index in [4.69, 9.17) is 5.14 Å². The van der Waals surface area contributed by atoms with E-state index in [0.717, 1.165) is 11.1 Å². The highest BCUT2D eigenvalue weighted by molar-refractivity contribution is 7.98. The molecule has 1 aromatic carbocycles. The van der Waals surface area contributed by atoms with Crippen LogP contribution < -0.4 is 5.14 Å². The van der Waals surface area contributed by atoms with Crippen molar-refractivity contribution in [3.63, 3.8) is 0 Å². The van der Waals surface area contributed by atoms with Crippen molar-refractivity contribution in [3.8, 4) is 0 Å². The Kier molecular flexibility index (Phi) is 3.34. The van der Waals surface area contributed by atoms with Gasteiger partial charge in [-0.1, -0.05) is 30.7 Å². The largest absolute Gasteiger partial charge is 0.277 e. The van der Waals surface area contributed by atoms with Crippen LogP contribution in [0.25, 0.3) is 5.57 Å². The first kappa shape index (κ1) is 11.3.